The molecule has 1 aliphatic heterocycles. The van der Waals surface area contributed by atoms with Crippen LogP contribution in [0, 0.1) is 11.8 Å². The third-order valence-corrected chi connectivity index (χ3v) is 4.17. The molecule has 0 amide bonds. The van der Waals surface area contributed by atoms with Gasteiger partial charge >= 0.3 is 5.97 Å². The molecule has 0 aromatic heterocycles. The first-order valence-corrected chi connectivity index (χ1v) is 7.01. The maximum atomic E-state index is 11.6. The fourth-order valence-corrected chi connectivity index (χ4v) is 2.83. The van der Waals surface area contributed by atoms with Crippen LogP contribution in [0.1, 0.15) is 23.2 Å². The van der Waals surface area contributed by atoms with Crippen molar-refractivity contribution in [3.8, 4) is 0 Å². The third-order valence-electron chi connectivity index (χ3n) is 4.17. The van der Waals surface area contributed by atoms with Crippen LogP contribution in [0.2, 0.25) is 0 Å². The Morgan fingerprint density at radius 1 is 1.40 bits per heavy atom. The molecule has 2 fully saturated rings. The summed E-state index contributed by atoms with van der Waals surface area (Å²) >= 11 is 0. The quantitative estimate of drug-likeness (QED) is 0.649. The highest BCUT2D eigenvalue weighted by Gasteiger charge is 2.40. The normalized spacial score (nSPS) is 25.4. The highest BCUT2D eigenvalue weighted by Crippen LogP contribution is 2.41. The predicted molar refractivity (Wildman–Crippen MR) is 76.6 cm³/mol. The fourth-order valence-electron chi connectivity index (χ4n) is 2.83. The molecular weight excluding hydrogens is 256 g/mol. The Labute approximate surface area is 118 Å². The number of hydrogen-bond acceptors (Lipinski definition) is 5. The van der Waals surface area contributed by atoms with E-state index in [-0.39, 0.29) is 12.0 Å². The zero-order chi connectivity index (χ0) is 14.1. The van der Waals surface area contributed by atoms with Crippen molar-refractivity contribution >= 4 is 17.3 Å². The zero-order valence-corrected chi connectivity index (χ0v) is 11.6. The van der Waals surface area contributed by atoms with Gasteiger partial charge in [0.05, 0.1) is 43.3 Å². The van der Waals surface area contributed by atoms with Crippen molar-refractivity contribution in [3.05, 3.63) is 23.8 Å². The van der Waals surface area contributed by atoms with Crippen molar-refractivity contribution in [3.63, 3.8) is 0 Å². The number of benzene rings is 1. The van der Waals surface area contributed by atoms with Gasteiger partial charge in [-0.1, -0.05) is 0 Å². The average Bonchev–Trinajstić information content (AvgIpc) is 3.20. The maximum Gasteiger partial charge on any atom is 0.337 e. The first kappa shape index (κ1) is 13.2. The number of nitrogen functional groups attached to an aromatic ring is 1. The van der Waals surface area contributed by atoms with Crippen molar-refractivity contribution in [1.29, 1.82) is 0 Å². The molecule has 5 nitrogen and oxygen atoms in total. The van der Waals surface area contributed by atoms with Crippen LogP contribution in [0.25, 0.3) is 0 Å². The summed E-state index contributed by atoms with van der Waals surface area (Å²) in [5, 5.41) is 3.44. The monoisotopic (exact) mass is 276 g/mol. The molecule has 1 aromatic rings. The molecule has 1 aliphatic carbocycles. The summed E-state index contributed by atoms with van der Waals surface area (Å²) in [7, 11) is 1.37. The van der Waals surface area contributed by atoms with Gasteiger partial charge in [0.2, 0.25) is 0 Å². The van der Waals surface area contributed by atoms with E-state index in [0.717, 1.165) is 18.2 Å². The van der Waals surface area contributed by atoms with Crippen LogP contribution in [-0.4, -0.2) is 32.3 Å². The van der Waals surface area contributed by atoms with E-state index in [0.29, 0.717) is 23.8 Å². The minimum atomic E-state index is -0.352. The van der Waals surface area contributed by atoms with Gasteiger partial charge in [-0.2, -0.15) is 0 Å². The molecule has 0 spiro atoms. The SMILES string of the molecule is COC(=O)c1ccc(N)c(NC2COCC2C2CC2)c1. The lowest BCUT2D eigenvalue weighted by Crippen LogP contribution is -2.29. The van der Waals surface area contributed by atoms with Crippen molar-refractivity contribution in [1.82, 2.24) is 0 Å². The molecule has 108 valence electrons. The highest BCUT2D eigenvalue weighted by molar-refractivity contribution is 5.92. The van der Waals surface area contributed by atoms with Crippen LogP contribution in [0.3, 0.4) is 0 Å². The van der Waals surface area contributed by atoms with Crippen LogP contribution in [-0.2, 0) is 9.47 Å². The van der Waals surface area contributed by atoms with Crippen LogP contribution >= 0.6 is 0 Å². The lowest BCUT2D eigenvalue weighted by atomic mass is 9.97. The molecule has 2 unspecified atom stereocenters. The summed E-state index contributed by atoms with van der Waals surface area (Å²) in [5.41, 5.74) is 7.92. The molecule has 0 bridgehead atoms. The largest absolute Gasteiger partial charge is 0.465 e. The van der Waals surface area contributed by atoms with E-state index >= 15 is 0 Å². The summed E-state index contributed by atoms with van der Waals surface area (Å²) in [4.78, 5) is 11.6. The summed E-state index contributed by atoms with van der Waals surface area (Å²) in [6.45, 7) is 1.52. The van der Waals surface area contributed by atoms with Gasteiger partial charge in [-0.15, -0.1) is 0 Å². The van der Waals surface area contributed by atoms with E-state index in [9.17, 15) is 4.79 Å². The number of hydrogen-bond donors (Lipinski definition) is 2. The highest BCUT2D eigenvalue weighted by atomic mass is 16.5. The molecule has 1 aromatic carbocycles. The lowest BCUT2D eigenvalue weighted by molar-refractivity contribution is 0.0601. The predicted octanol–water partition coefficient (Wildman–Crippen LogP) is 1.89. The number of esters is 1. The van der Waals surface area contributed by atoms with E-state index < -0.39 is 0 Å². The number of methoxy groups -OCH3 is 1. The molecule has 5 heteroatoms. The topological polar surface area (TPSA) is 73.6 Å². The standard InChI is InChI=1S/C15H20N2O3/c1-19-15(18)10-4-5-12(16)13(6-10)17-14-8-20-7-11(14)9-2-3-9/h4-6,9,11,14,17H,2-3,7-8,16H2,1H3. The van der Waals surface area contributed by atoms with E-state index in [1.807, 2.05) is 0 Å². The molecular formula is C15H20N2O3. The maximum absolute atomic E-state index is 11.6. The number of carbonyl (C=O) groups is 1. The second-order valence-corrected chi connectivity index (χ2v) is 5.58. The van der Waals surface area contributed by atoms with E-state index in [4.69, 9.17) is 15.2 Å². The van der Waals surface area contributed by atoms with E-state index in [2.05, 4.69) is 5.32 Å². The number of rotatable bonds is 4. The third kappa shape index (κ3) is 2.58. The minimum Gasteiger partial charge on any atom is -0.465 e. The second kappa shape index (κ2) is 5.32. The Kier molecular flexibility index (Phi) is 3.53. The lowest BCUT2D eigenvalue weighted by Gasteiger charge is -2.21. The number of carbonyl (C=O) groups excluding carboxylic acids is 1. The molecule has 2 aliphatic rings. The van der Waals surface area contributed by atoms with Crippen LogP contribution < -0.4 is 11.1 Å². The Morgan fingerprint density at radius 3 is 2.90 bits per heavy atom. The first-order valence-electron chi connectivity index (χ1n) is 7.01. The zero-order valence-electron chi connectivity index (χ0n) is 11.6. The van der Waals surface area contributed by atoms with Crippen molar-refractivity contribution in [2.24, 2.45) is 11.8 Å². The number of nitrogens with one attached hydrogen (secondary N) is 1. The average molecular weight is 276 g/mol. The Morgan fingerprint density at radius 2 is 2.20 bits per heavy atom. The van der Waals surface area contributed by atoms with Crippen LogP contribution in [0.15, 0.2) is 18.2 Å². The minimum absolute atomic E-state index is 0.276. The summed E-state index contributed by atoms with van der Waals surface area (Å²) in [6.07, 6.45) is 2.59. The fraction of sp³-hybridized carbons (Fsp3) is 0.533. The van der Waals surface area contributed by atoms with Gasteiger partial charge in [-0.05, 0) is 37.0 Å². The smallest absolute Gasteiger partial charge is 0.337 e. The van der Waals surface area contributed by atoms with Crippen molar-refractivity contribution in [2.75, 3.05) is 31.4 Å². The van der Waals surface area contributed by atoms with Gasteiger partial charge in [-0.25, -0.2) is 4.79 Å². The molecule has 1 saturated carbocycles. The van der Waals surface area contributed by atoms with Gasteiger partial charge in [0, 0.05) is 5.92 Å². The van der Waals surface area contributed by atoms with E-state index in [1.54, 1.807) is 18.2 Å². The van der Waals surface area contributed by atoms with Crippen molar-refractivity contribution < 1.29 is 14.3 Å². The molecule has 1 heterocycles. The summed E-state index contributed by atoms with van der Waals surface area (Å²) < 4.78 is 10.3. The van der Waals surface area contributed by atoms with Gasteiger partial charge in [-0.3, -0.25) is 0 Å². The molecule has 2 atom stereocenters. The molecule has 20 heavy (non-hydrogen) atoms. The van der Waals surface area contributed by atoms with Gasteiger partial charge in [0.25, 0.3) is 0 Å². The molecule has 3 rings (SSSR count). The van der Waals surface area contributed by atoms with Gasteiger partial charge < -0.3 is 20.5 Å². The molecule has 3 N–H and O–H groups in total. The summed E-state index contributed by atoms with van der Waals surface area (Å²) in [6, 6.07) is 5.44. The first-order chi connectivity index (χ1) is 9.69. The molecule has 0 radical (unpaired) electrons. The van der Waals surface area contributed by atoms with Gasteiger partial charge in [0.1, 0.15) is 0 Å². The van der Waals surface area contributed by atoms with Crippen LogP contribution in [0.4, 0.5) is 11.4 Å². The Hall–Kier alpha value is -1.75. The number of nitrogens with two attached hydrogens (primary N) is 1. The van der Waals surface area contributed by atoms with E-state index in [1.165, 1.54) is 20.0 Å². The van der Waals surface area contributed by atoms with Crippen LogP contribution in [0.5, 0.6) is 0 Å². The Balaban J connectivity index is 1.77. The van der Waals surface area contributed by atoms with Gasteiger partial charge in [0.15, 0.2) is 0 Å². The summed E-state index contributed by atoms with van der Waals surface area (Å²) in [5.74, 6) is 0.977. The second-order valence-electron chi connectivity index (χ2n) is 5.58. The molecule has 1 saturated heterocycles. The van der Waals surface area contributed by atoms with Crippen molar-refractivity contribution in [2.45, 2.75) is 18.9 Å². The Bertz CT molecular complexity index is 514. The number of anilines is 2. The number of ether oxygens (including phenoxy) is 2.